The lowest BCUT2D eigenvalue weighted by Crippen LogP contribution is -2.52. The number of likely N-dealkylation sites (tertiary alicyclic amines) is 1. The predicted octanol–water partition coefficient (Wildman–Crippen LogP) is 4.84. The quantitative estimate of drug-likeness (QED) is 0.602. The summed E-state index contributed by atoms with van der Waals surface area (Å²) in [6.45, 7) is 13.9. The highest BCUT2D eigenvalue weighted by Gasteiger charge is 2.37. The fourth-order valence-corrected chi connectivity index (χ4v) is 2.90. The van der Waals surface area contributed by atoms with E-state index in [1.807, 2.05) is 0 Å². The number of nitrogens with zero attached hydrogens (tertiary/aromatic N) is 1. The Morgan fingerprint density at radius 3 is 2.00 bits per heavy atom. The molecule has 1 heterocycles. The maximum Gasteiger partial charge on any atom is 0.269 e. The molecule has 0 aromatic rings. The monoisotopic (exact) mass is 259 g/mol. The maximum atomic E-state index is 12.8. The van der Waals surface area contributed by atoms with Crippen molar-refractivity contribution in [1.29, 1.82) is 0 Å². The average molecular weight is 259 g/mol. The minimum absolute atomic E-state index is 0.0280. The zero-order valence-electron chi connectivity index (χ0n) is 12.6. The summed E-state index contributed by atoms with van der Waals surface area (Å²) in [5.74, 6) is 0. The van der Waals surface area contributed by atoms with E-state index in [4.69, 9.17) is 0 Å². The van der Waals surface area contributed by atoms with E-state index in [0.29, 0.717) is 24.5 Å². The molecule has 0 spiro atoms. The van der Waals surface area contributed by atoms with Crippen LogP contribution in [0.5, 0.6) is 0 Å². The third-order valence-corrected chi connectivity index (χ3v) is 3.88. The Morgan fingerprint density at radius 1 is 1.06 bits per heavy atom. The third-order valence-electron chi connectivity index (χ3n) is 3.88. The van der Waals surface area contributed by atoms with Gasteiger partial charge in [-0.2, -0.15) is 8.78 Å². The molecule has 0 saturated carbocycles. The SMILES string of the molecule is CC(C)(C)C1CCC(=C(F)F)CCN1C(C)(C)C. The van der Waals surface area contributed by atoms with Crippen LogP contribution in [-0.4, -0.2) is 23.0 Å². The van der Waals surface area contributed by atoms with Crippen LogP contribution in [0.15, 0.2) is 11.7 Å². The van der Waals surface area contributed by atoms with Crippen molar-refractivity contribution in [1.82, 2.24) is 4.90 Å². The molecule has 0 aromatic carbocycles. The van der Waals surface area contributed by atoms with Gasteiger partial charge in [0.25, 0.3) is 6.08 Å². The summed E-state index contributed by atoms with van der Waals surface area (Å²) in [7, 11) is 0. The van der Waals surface area contributed by atoms with E-state index in [0.717, 1.165) is 13.0 Å². The van der Waals surface area contributed by atoms with E-state index in [-0.39, 0.29) is 11.0 Å². The standard InChI is InChI=1S/C15H27F2N/c1-14(2,3)12-8-7-11(13(16)17)9-10-18(12)15(4,5)6/h12H,7-10H2,1-6H3. The van der Waals surface area contributed by atoms with Gasteiger partial charge >= 0.3 is 0 Å². The second-order valence-electron chi connectivity index (χ2n) is 7.40. The molecule has 0 aromatic heterocycles. The van der Waals surface area contributed by atoms with E-state index >= 15 is 0 Å². The molecule has 18 heavy (non-hydrogen) atoms. The lowest BCUT2D eigenvalue weighted by atomic mass is 9.81. The third kappa shape index (κ3) is 3.78. The second kappa shape index (κ2) is 5.28. The molecule has 0 N–H and O–H groups in total. The molecule has 1 rings (SSSR count). The van der Waals surface area contributed by atoms with Gasteiger partial charge in [-0.25, -0.2) is 0 Å². The largest absolute Gasteiger partial charge is 0.295 e. The van der Waals surface area contributed by atoms with Gasteiger partial charge in [-0.05, 0) is 51.0 Å². The van der Waals surface area contributed by atoms with Crippen LogP contribution in [0.25, 0.3) is 0 Å². The maximum absolute atomic E-state index is 12.8. The van der Waals surface area contributed by atoms with Crippen molar-refractivity contribution >= 4 is 0 Å². The minimum atomic E-state index is -1.46. The second-order valence-corrected chi connectivity index (χ2v) is 7.40. The highest BCUT2D eigenvalue weighted by Crippen LogP contribution is 2.37. The lowest BCUT2D eigenvalue weighted by Gasteiger charge is -2.46. The van der Waals surface area contributed by atoms with Crippen LogP contribution in [0.1, 0.15) is 60.8 Å². The van der Waals surface area contributed by atoms with E-state index < -0.39 is 6.08 Å². The molecular weight excluding hydrogens is 232 g/mol. The molecule has 0 bridgehead atoms. The fraction of sp³-hybridized carbons (Fsp3) is 0.867. The van der Waals surface area contributed by atoms with E-state index in [1.165, 1.54) is 0 Å². The first kappa shape index (κ1) is 15.6. The van der Waals surface area contributed by atoms with Crippen LogP contribution in [0.4, 0.5) is 8.78 Å². The molecule has 3 heteroatoms. The molecule has 1 unspecified atom stereocenters. The predicted molar refractivity (Wildman–Crippen MR) is 72.8 cm³/mol. The van der Waals surface area contributed by atoms with Crippen LogP contribution >= 0.6 is 0 Å². The van der Waals surface area contributed by atoms with E-state index in [9.17, 15) is 8.78 Å². The zero-order chi connectivity index (χ0) is 14.1. The smallest absolute Gasteiger partial charge is 0.269 e. The first-order chi connectivity index (χ1) is 8.03. The highest BCUT2D eigenvalue weighted by molar-refractivity contribution is 5.08. The minimum Gasteiger partial charge on any atom is -0.295 e. The Morgan fingerprint density at radius 2 is 1.61 bits per heavy atom. The average Bonchev–Trinajstić information content (AvgIpc) is 2.36. The van der Waals surface area contributed by atoms with Gasteiger partial charge < -0.3 is 0 Å². The van der Waals surface area contributed by atoms with Gasteiger partial charge in [0.15, 0.2) is 0 Å². The summed E-state index contributed by atoms with van der Waals surface area (Å²) in [6, 6.07) is 0.356. The Balaban J connectivity index is 3.02. The lowest BCUT2D eigenvalue weighted by molar-refractivity contribution is 0.0246. The van der Waals surface area contributed by atoms with Gasteiger partial charge in [0, 0.05) is 18.1 Å². The van der Waals surface area contributed by atoms with Crippen LogP contribution in [0.3, 0.4) is 0 Å². The van der Waals surface area contributed by atoms with Gasteiger partial charge in [0.05, 0.1) is 0 Å². The fourth-order valence-electron chi connectivity index (χ4n) is 2.90. The van der Waals surface area contributed by atoms with Gasteiger partial charge in [-0.1, -0.05) is 20.8 Å². The van der Waals surface area contributed by atoms with Crippen LogP contribution in [-0.2, 0) is 0 Å². The van der Waals surface area contributed by atoms with Crippen molar-refractivity contribution in [2.24, 2.45) is 5.41 Å². The van der Waals surface area contributed by atoms with Crippen molar-refractivity contribution < 1.29 is 8.78 Å². The molecule has 0 radical (unpaired) electrons. The number of hydrogen-bond acceptors (Lipinski definition) is 1. The Kier molecular flexibility index (Phi) is 4.58. The molecule has 106 valence electrons. The molecule has 1 aliphatic rings. The summed E-state index contributed by atoms with van der Waals surface area (Å²) in [6.07, 6.45) is 0.412. The number of hydrogen-bond donors (Lipinski definition) is 0. The van der Waals surface area contributed by atoms with Gasteiger partial charge in [-0.3, -0.25) is 4.90 Å². The molecule has 0 amide bonds. The van der Waals surface area contributed by atoms with Crippen LogP contribution in [0, 0.1) is 5.41 Å². The van der Waals surface area contributed by atoms with Crippen molar-refractivity contribution in [2.75, 3.05) is 6.54 Å². The van der Waals surface area contributed by atoms with Gasteiger partial charge in [0.2, 0.25) is 0 Å². The van der Waals surface area contributed by atoms with Crippen molar-refractivity contribution in [3.05, 3.63) is 11.7 Å². The normalized spacial score (nSPS) is 24.0. The summed E-state index contributed by atoms with van der Waals surface area (Å²) in [5.41, 5.74) is 0.506. The molecule has 1 fully saturated rings. The highest BCUT2D eigenvalue weighted by atomic mass is 19.3. The van der Waals surface area contributed by atoms with Crippen molar-refractivity contribution in [3.8, 4) is 0 Å². The Labute approximate surface area is 110 Å². The van der Waals surface area contributed by atoms with Gasteiger partial charge in [0.1, 0.15) is 0 Å². The first-order valence-corrected chi connectivity index (χ1v) is 6.83. The van der Waals surface area contributed by atoms with Crippen molar-refractivity contribution in [3.63, 3.8) is 0 Å². The first-order valence-electron chi connectivity index (χ1n) is 6.83. The molecule has 1 saturated heterocycles. The van der Waals surface area contributed by atoms with E-state index in [2.05, 4.69) is 46.4 Å². The number of halogens is 2. The summed E-state index contributed by atoms with van der Waals surface area (Å²) in [5, 5.41) is 0. The zero-order valence-corrected chi connectivity index (χ0v) is 12.6. The molecule has 1 atom stereocenters. The summed E-state index contributed by atoms with van der Waals surface area (Å²) < 4.78 is 25.6. The topological polar surface area (TPSA) is 3.24 Å². The Hall–Kier alpha value is -0.440. The van der Waals surface area contributed by atoms with Crippen LogP contribution < -0.4 is 0 Å². The number of rotatable bonds is 0. The van der Waals surface area contributed by atoms with E-state index in [1.54, 1.807) is 0 Å². The Bertz CT molecular complexity index is 290. The summed E-state index contributed by atoms with van der Waals surface area (Å²) >= 11 is 0. The van der Waals surface area contributed by atoms with Crippen LogP contribution in [0.2, 0.25) is 0 Å². The molecule has 0 aliphatic carbocycles. The summed E-state index contributed by atoms with van der Waals surface area (Å²) in [4.78, 5) is 2.41. The van der Waals surface area contributed by atoms with Gasteiger partial charge in [-0.15, -0.1) is 0 Å². The van der Waals surface area contributed by atoms with Crippen molar-refractivity contribution in [2.45, 2.75) is 72.4 Å². The molecule has 1 aliphatic heterocycles. The molecule has 1 nitrogen and oxygen atoms in total. The molecular formula is C15H27F2N.